The second-order valence-electron chi connectivity index (χ2n) is 4.09. The Morgan fingerprint density at radius 3 is 2.53 bits per heavy atom. The van der Waals surface area contributed by atoms with E-state index in [1.165, 1.54) is 10.2 Å². The number of aliphatic carboxylic acids is 1. The predicted octanol–water partition coefficient (Wildman–Crippen LogP) is 2.25. The molecule has 1 N–H and O–H groups in total. The number of aromatic nitrogens is 2. The van der Waals surface area contributed by atoms with E-state index in [1.54, 1.807) is 6.20 Å². The van der Waals surface area contributed by atoms with E-state index in [0.29, 0.717) is 0 Å². The number of hydrogen-bond donors (Lipinski definition) is 1. The van der Waals surface area contributed by atoms with Crippen LogP contribution in [-0.2, 0) is 11.3 Å². The topological polar surface area (TPSA) is 55.1 Å². The van der Waals surface area contributed by atoms with Crippen molar-refractivity contribution in [3.05, 3.63) is 41.7 Å². The van der Waals surface area contributed by atoms with Gasteiger partial charge in [0.2, 0.25) is 0 Å². The molecule has 4 nitrogen and oxygen atoms in total. The summed E-state index contributed by atoms with van der Waals surface area (Å²) < 4.78 is 1.45. The van der Waals surface area contributed by atoms with Gasteiger partial charge < -0.3 is 5.11 Å². The van der Waals surface area contributed by atoms with Crippen molar-refractivity contribution in [2.24, 2.45) is 0 Å². The van der Waals surface area contributed by atoms with Crippen LogP contribution in [-0.4, -0.2) is 20.9 Å². The van der Waals surface area contributed by atoms with Crippen molar-refractivity contribution in [1.29, 1.82) is 0 Å². The lowest BCUT2D eigenvalue weighted by atomic mass is 10.1. The van der Waals surface area contributed by atoms with Gasteiger partial charge in [0.15, 0.2) is 0 Å². The molecule has 88 valence electrons. The molecule has 0 aliphatic rings. The standard InChI is InChI=1S/C13H14N2O2/c1-9-3-5-11(6-4-9)12-7-15(8-13(16)17)14-10(12)2/h3-7H,8H2,1-2H3,(H,16,17). The molecule has 0 spiro atoms. The normalized spacial score (nSPS) is 10.5. The summed E-state index contributed by atoms with van der Waals surface area (Å²) in [5.74, 6) is -0.886. The van der Waals surface area contributed by atoms with Crippen LogP contribution >= 0.6 is 0 Å². The Kier molecular flexibility index (Phi) is 2.95. The van der Waals surface area contributed by atoms with Crippen molar-refractivity contribution in [2.75, 3.05) is 0 Å². The van der Waals surface area contributed by atoms with E-state index in [2.05, 4.69) is 5.10 Å². The Bertz CT molecular complexity index is 541. The monoisotopic (exact) mass is 230 g/mol. The van der Waals surface area contributed by atoms with Crippen molar-refractivity contribution in [2.45, 2.75) is 20.4 Å². The SMILES string of the molecule is Cc1ccc(-c2cn(CC(=O)O)nc2C)cc1. The highest BCUT2D eigenvalue weighted by atomic mass is 16.4. The average molecular weight is 230 g/mol. The molecule has 2 rings (SSSR count). The molecule has 0 saturated heterocycles. The molecule has 0 aliphatic carbocycles. The Morgan fingerprint density at radius 1 is 1.29 bits per heavy atom. The van der Waals surface area contributed by atoms with Crippen LogP contribution in [0.5, 0.6) is 0 Å². The summed E-state index contributed by atoms with van der Waals surface area (Å²) in [4.78, 5) is 10.6. The minimum Gasteiger partial charge on any atom is -0.480 e. The first kappa shape index (κ1) is 11.4. The van der Waals surface area contributed by atoms with Crippen LogP contribution in [0.25, 0.3) is 11.1 Å². The summed E-state index contributed by atoms with van der Waals surface area (Å²) in [5, 5.41) is 12.9. The van der Waals surface area contributed by atoms with E-state index in [4.69, 9.17) is 5.11 Å². The van der Waals surface area contributed by atoms with Crippen molar-refractivity contribution >= 4 is 5.97 Å². The first-order valence-corrected chi connectivity index (χ1v) is 5.39. The largest absolute Gasteiger partial charge is 0.480 e. The van der Waals surface area contributed by atoms with Crippen LogP contribution in [0.4, 0.5) is 0 Å². The zero-order valence-corrected chi connectivity index (χ0v) is 9.84. The first-order chi connectivity index (χ1) is 8.06. The van der Waals surface area contributed by atoms with Gasteiger partial charge in [-0.1, -0.05) is 29.8 Å². The number of benzene rings is 1. The summed E-state index contributed by atoms with van der Waals surface area (Å²) in [5.41, 5.74) is 4.08. The molecular formula is C13H14N2O2. The van der Waals surface area contributed by atoms with Gasteiger partial charge in [0.1, 0.15) is 6.54 Å². The first-order valence-electron chi connectivity index (χ1n) is 5.39. The van der Waals surface area contributed by atoms with Gasteiger partial charge in [-0.25, -0.2) is 0 Å². The van der Waals surface area contributed by atoms with E-state index in [-0.39, 0.29) is 6.54 Å². The summed E-state index contributed by atoms with van der Waals surface area (Å²) >= 11 is 0. The number of carboxylic acids is 1. The molecule has 4 heteroatoms. The minimum atomic E-state index is -0.886. The second-order valence-corrected chi connectivity index (χ2v) is 4.09. The Labute approximate surface area is 99.5 Å². The molecule has 0 bridgehead atoms. The number of carbonyl (C=O) groups is 1. The third-order valence-electron chi connectivity index (χ3n) is 2.61. The maximum Gasteiger partial charge on any atom is 0.325 e. The number of hydrogen-bond acceptors (Lipinski definition) is 2. The van der Waals surface area contributed by atoms with Gasteiger partial charge in [-0.15, -0.1) is 0 Å². The fourth-order valence-corrected chi connectivity index (χ4v) is 1.75. The van der Waals surface area contributed by atoms with Crippen LogP contribution < -0.4 is 0 Å². The maximum absolute atomic E-state index is 10.6. The van der Waals surface area contributed by atoms with Crippen LogP contribution in [0.15, 0.2) is 30.5 Å². The molecule has 1 aromatic carbocycles. The summed E-state index contributed by atoms with van der Waals surface area (Å²) in [6.07, 6.45) is 1.77. The Hall–Kier alpha value is -2.10. The lowest BCUT2D eigenvalue weighted by Gasteiger charge is -1.99. The smallest absolute Gasteiger partial charge is 0.325 e. The van der Waals surface area contributed by atoms with Crippen molar-refractivity contribution < 1.29 is 9.90 Å². The number of aryl methyl sites for hydroxylation is 2. The predicted molar refractivity (Wildman–Crippen MR) is 64.8 cm³/mol. The van der Waals surface area contributed by atoms with Crippen LogP contribution in [0, 0.1) is 13.8 Å². The van der Waals surface area contributed by atoms with Gasteiger partial charge in [0, 0.05) is 11.8 Å². The highest BCUT2D eigenvalue weighted by Gasteiger charge is 2.08. The molecule has 1 heterocycles. The molecule has 0 atom stereocenters. The van der Waals surface area contributed by atoms with Gasteiger partial charge in [-0.3, -0.25) is 9.48 Å². The highest BCUT2D eigenvalue weighted by molar-refractivity contribution is 5.68. The number of carboxylic acid groups (broad SMARTS) is 1. The zero-order valence-electron chi connectivity index (χ0n) is 9.84. The second kappa shape index (κ2) is 4.41. The molecule has 17 heavy (non-hydrogen) atoms. The molecule has 0 unspecified atom stereocenters. The van der Waals surface area contributed by atoms with Crippen LogP contribution in [0.2, 0.25) is 0 Å². The van der Waals surface area contributed by atoms with Crippen LogP contribution in [0.3, 0.4) is 0 Å². The Morgan fingerprint density at radius 2 is 1.94 bits per heavy atom. The molecular weight excluding hydrogens is 216 g/mol. The molecule has 2 aromatic rings. The fourth-order valence-electron chi connectivity index (χ4n) is 1.75. The molecule has 0 fully saturated rings. The zero-order chi connectivity index (χ0) is 12.4. The van der Waals surface area contributed by atoms with Crippen molar-refractivity contribution in [3.8, 4) is 11.1 Å². The van der Waals surface area contributed by atoms with E-state index < -0.39 is 5.97 Å². The van der Waals surface area contributed by atoms with Crippen LogP contribution in [0.1, 0.15) is 11.3 Å². The fraction of sp³-hybridized carbons (Fsp3) is 0.231. The third kappa shape index (κ3) is 2.53. The quantitative estimate of drug-likeness (QED) is 0.879. The molecule has 0 amide bonds. The molecule has 0 saturated carbocycles. The number of nitrogens with zero attached hydrogens (tertiary/aromatic N) is 2. The summed E-state index contributed by atoms with van der Waals surface area (Å²) in [6.45, 7) is 3.81. The number of rotatable bonds is 3. The maximum atomic E-state index is 10.6. The van der Waals surface area contributed by atoms with Crippen molar-refractivity contribution in [1.82, 2.24) is 9.78 Å². The van der Waals surface area contributed by atoms with Gasteiger partial charge >= 0.3 is 5.97 Å². The average Bonchev–Trinajstić information content (AvgIpc) is 2.59. The van der Waals surface area contributed by atoms with E-state index >= 15 is 0 Å². The molecule has 0 aliphatic heterocycles. The summed E-state index contributed by atoms with van der Waals surface area (Å²) in [7, 11) is 0. The van der Waals surface area contributed by atoms with Gasteiger partial charge in [-0.05, 0) is 19.4 Å². The third-order valence-corrected chi connectivity index (χ3v) is 2.61. The van der Waals surface area contributed by atoms with E-state index in [1.807, 2.05) is 38.1 Å². The molecule has 0 radical (unpaired) electrons. The van der Waals surface area contributed by atoms with Crippen molar-refractivity contribution in [3.63, 3.8) is 0 Å². The lowest BCUT2D eigenvalue weighted by Crippen LogP contribution is -2.08. The Balaban J connectivity index is 2.35. The van der Waals surface area contributed by atoms with E-state index in [0.717, 1.165) is 16.8 Å². The highest BCUT2D eigenvalue weighted by Crippen LogP contribution is 2.22. The van der Waals surface area contributed by atoms with E-state index in [9.17, 15) is 4.79 Å². The van der Waals surface area contributed by atoms with Gasteiger partial charge in [-0.2, -0.15) is 5.10 Å². The lowest BCUT2D eigenvalue weighted by molar-refractivity contribution is -0.137. The molecule has 1 aromatic heterocycles. The minimum absolute atomic E-state index is 0.104. The summed E-state index contributed by atoms with van der Waals surface area (Å²) in [6, 6.07) is 8.10. The van der Waals surface area contributed by atoms with Gasteiger partial charge in [0.25, 0.3) is 0 Å². The van der Waals surface area contributed by atoms with Gasteiger partial charge in [0.05, 0.1) is 5.69 Å².